The first-order valence-corrected chi connectivity index (χ1v) is 5.34. The van der Waals surface area contributed by atoms with Gasteiger partial charge in [0.15, 0.2) is 0 Å². The van der Waals surface area contributed by atoms with Gasteiger partial charge in [-0.3, -0.25) is 4.79 Å². The maximum atomic E-state index is 11.8. The molecule has 0 aliphatic carbocycles. The Morgan fingerprint density at radius 3 is 2.62 bits per heavy atom. The number of rotatable bonds is 4. The van der Waals surface area contributed by atoms with Gasteiger partial charge in [0.1, 0.15) is 0 Å². The van der Waals surface area contributed by atoms with E-state index in [2.05, 4.69) is 5.32 Å². The smallest absolute Gasteiger partial charge is 0.253 e. The highest BCUT2D eigenvalue weighted by atomic mass is 16.3. The molecule has 0 radical (unpaired) electrons. The SMILES string of the molecule is CC(O)CC(C)NC(=O)c1ccccc1N. The van der Waals surface area contributed by atoms with Gasteiger partial charge in [0, 0.05) is 11.7 Å². The standard InChI is InChI=1S/C12H18N2O2/c1-8(7-9(2)15)14-12(16)10-5-3-4-6-11(10)13/h3-6,8-9,15H,7,13H2,1-2H3,(H,14,16). The molecule has 88 valence electrons. The average Bonchev–Trinajstić information content (AvgIpc) is 2.16. The van der Waals surface area contributed by atoms with Crippen molar-refractivity contribution in [2.45, 2.75) is 32.4 Å². The van der Waals surface area contributed by atoms with E-state index in [-0.39, 0.29) is 11.9 Å². The number of carbonyl (C=O) groups excluding carboxylic acids is 1. The molecule has 0 saturated carbocycles. The van der Waals surface area contributed by atoms with E-state index >= 15 is 0 Å². The van der Waals surface area contributed by atoms with Gasteiger partial charge in [-0.15, -0.1) is 0 Å². The summed E-state index contributed by atoms with van der Waals surface area (Å²) in [6, 6.07) is 6.84. The first-order chi connectivity index (χ1) is 7.50. The van der Waals surface area contributed by atoms with Crippen LogP contribution in [0, 0.1) is 0 Å². The lowest BCUT2D eigenvalue weighted by atomic mass is 10.1. The predicted octanol–water partition coefficient (Wildman–Crippen LogP) is 1.16. The molecule has 0 bridgehead atoms. The summed E-state index contributed by atoms with van der Waals surface area (Å²) in [7, 11) is 0. The molecular weight excluding hydrogens is 204 g/mol. The van der Waals surface area contributed by atoms with Gasteiger partial charge in [0.05, 0.1) is 11.7 Å². The van der Waals surface area contributed by atoms with Crippen molar-refractivity contribution in [2.75, 3.05) is 5.73 Å². The van der Waals surface area contributed by atoms with Crippen LogP contribution in [0.4, 0.5) is 5.69 Å². The Kier molecular flexibility index (Phi) is 4.31. The molecule has 1 aromatic rings. The molecule has 1 amide bonds. The van der Waals surface area contributed by atoms with Gasteiger partial charge < -0.3 is 16.2 Å². The lowest BCUT2D eigenvalue weighted by Crippen LogP contribution is -2.35. The minimum Gasteiger partial charge on any atom is -0.398 e. The third kappa shape index (κ3) is 3.55. The molecule has 0 aliphatic rings. The van der Waals surface area contributed by atoms with Gasteiger partial charge in [0.2, 0.25) is 0 Å². The Hall–Kier alpha value is -1.55. The van der Waals surface area contributed by atoms with Crippen molar-refractivity contribution in [1.29, 1.82) is 0 Å². The minimum absolute atomic E-state index is 0.0768. The number of aliphatic hydroxyl groups excluding tert-OH is 1. The lowest BCUT2D eigenvalue weighted by Gasteiger charge is -2.16. The molecule has 0 heterocycles. The highest BCUT2D eigenvalue weighted by molar-refractivity contribution is 5.99. The number of benzene rings is 1. The zero-order chi connectivity index (χ0) is 12.1. The van der Waals surface area contributed by atoms with Gasteiger partial charge in [-0.05, 0) is 32.4 Å². The molecule has 1 aromatic carbocycles. The van der Waals surface area contributed by atoms with Gasteiger partial charge in [-0.2, -0.15) is 0 Å². The fourth-order valence-electron chi connectivity index (χ4n) is 1.58. The predicted molar refractivity (Wildman–Crippen MR) is 64.1 cm³/mol. The van der Waals surface area contributed by atoms with Gasteiger partial charge >= 0.3 is 0 Å². The molecule has 4 N–H and O–H groups in total. The first-order valence-electron chi connectivity index (χ1n) is 5.34. The van der Waals surface area contributed by atoms with Gasteiger partial charge in [0.25, 0.3) is 5.91 Å². The number of amides is 1. The van der Waals surface area contributed by atoms with Gasteiger partial charge in [-0.1, -0.05) is 12.1 Å². The largest absolute Gasteiger partial charge is 0.398 e. The molecular formula is C12H18N2O2. The number of aliphatic hydroxyl groups is 1. The zero-order valence-corrected chi connectivity index (χ0v) is 9.60. The molecule has 4 heteroatoms. The number of hydrogen-bond acceptors (Lipinski definition) is 3. The summed E-state index contributed by atoms with van der Waals surface area (Å²) in [6.07, 6.45) is 0.0989. The molecule has 0 spiro atoms. The van der Waals surface area contributed by atoms with Crippen molar-refractivity contribution in [3.8, 4) is 0 Å². The van der Waals surface area contributed by atoms with E-state index in [1.807, 2.05) is 6.92 Å². The van der Waals surface area contributed by atoms with Crippen molar-refractivity contribution in [2.24, 2.45) is 0 Å². The molecule has 0 aromatic heterocycles. The molecule has 4 nitrogen and oxygen atoms in total. The monoisotopic (exact) mass is 222 g/mol. The molecule has 16 heavy (non-hydrogen) atoms. The van der Waals surface area contributed by atoms with Crippen molar-refractivity contribution >= 4 is 11.6 Å². The van der Waals surface area contributed by atoms with E-state index in [1.165, 1.54) is 0 Å². The highest BCUT2D eigenvalue weighted by Crippen LogP contribution is 2.10. The van der Waals surface area contributed by atoms with Crippen LogP contribution in [-0.4, -0.2) is 23.2 Å². The summed E-state index contributed by atoms with van der Waals surface area (Å²) in [5.41, 5.74) is 6.62. The zero-order valence-electron chi connectivity index (χ0n) is 9.60. The van der Waals surface area contributed by atoms with Crippen molar-refractivity contribution in [3.05, 3.63) is 29.8 Å². The first kappa shape index (κ1) is 12.5. The van der Waals surface area contributed by atoms with Crippen LogP contribution in [0.5, 0.6) is 0 Å². The van der Waals surface area contributed by atoms with E-state index in [4.69, 9.17) is 5.73 Å². The van der Waals surface area contributed by atoms with Crippen molar-refractivity contribution in [1.82, 2.24) is 5.32 Å². The van der Waals surface area contributed by atoms with E-state index in [0.29, 0.717) is 17.7 Å². The highest BCUT2D eigenvalue weighted by Gasteiger charge is 2.13. The number of hydrogen-bond donors (Lipinski definition) is 3. The Balaban J connectivity index is 2.63. The summed E-state index contributed by atoms with van der Waals surface area (Å²) in [6.45, 7) is 3.54. The van der Waals surface area contributed by atoms with Crippen LogP contribution in [0.3, 0.4) is 0 Å². The number of para-hydroxylation sites is 1. The average molecular weight is 222 g/mol. The molecule has 1 rings (SSSR count). The quantitative estimate of drug-likeness (QED) is 0.669. The molecule has 2 atom stereocenters. The number of nitrogens with two attached hydrogens (primary N) is 1. The second-order valence-electron chi connectivity index (χ2n) is 4.05. The van der Waals surface area contributed by atoms with Crippen LogP contribution in [0.15, 0.2) is 24.3 Å². The van der Waals surface area contributed by atoms with E-state index in [0.717, 1.165) is 0 Å². The lowest BCUT2D eigenvalue weighted by molar-refractivity contribution is 0.0924. The van der Waals surface area contributed by atoms with E-state index in [9.17, 15) is 9.90 Å². The second-order valence-corrected chi connectivity index (χ2v) is 4.05. The fraction of sp³-hybridized carbons (Fsp3) is 0.417. The molecule has 0 fully saturated rings. The van der Waals surface area contributed by atoms with E-state index < -0.39 is 6.10 Å². The Morgan fingerprint density at radius 2 is 2.06 bits per heavy atom. The maximum Gasteiger partial charge on any atom is 0.253 e. The second kappa shape index (κ2) is 5.51. The maximum absolute atomic E-state index is 11.8. The number of carbonyl (C=O) groups is 1. The van der Waals surface area contributed by atoms with Crippen LogP contribution in [0.1, 0.15) is 30.6 Å². The molecule has 2 unspecified atom stereocenters. The molecule has 0 aliphatic heterocycles. The Labute approximate surface area is 95.5 Å². The summed E-state index contributed by atoms with van der Waals surface area (Å²) in [5.74, 6) is -0.203. The van der Waals surface area contributed by atoms with Gasteiger partial charge in [-0.25, -0.2) is 0 Å². The summed E-state index contributed by atoms with van der Waals surface area (Å²) in [5, 5.41) is 12.0. The third-order valence-corrected chi connectivity index (χ3v) is 2.28. The van der Waals surface area contributed by atoms with E-state index in [1.54, 1.807) is 31.2 Å². The summed E-state index contributed by atoms with van der Waals surface area (Å²) in [4.78, 5) is 11.8. The summed E-state index contributed by atoms with van der Waals surface area (Å²) >= 11 is 0. The van der Waals surface area contributed by atoms with Crippen molar-refractivity contribution in [3.63, 3.8) is 0 Å². The topological polar surface area (TPSA) is 75.3 Å². The normalized spacial score (nSPS) is 14.2. The number of nitrogens with one attached hydrogen (secondary N) is 1. The van der Waals surface area contributed by atoms with Crippen molar-refractivity contribution < 1.29 is 9.90 Å². The van der Waals surface area contributed by atoms with Crippen LogP contribution in [0.25, 0.3) is 0 Å². The van der Waals surface area contributed by atoms with Crippen LogP contribution in [-0.2, 0) is 0 Å². The number of nitrogen functional groups attached to an aromatic ring is 1. The Bertz CT molecular complexity index is 364. The van der Waals surface area contributed by atoms with Crippen LogP contribution in [0.2, 0.25) is 0 Å². The van der Waals surface area contributed by atoms with Crippen LogP contribution < -0.4 is 11.1 Å². The van der Waals surface area contributed by atoms with Crippen LogP contribution >= 0.6 is 0 Å². The summed E-state index contributed by atoms with van der Waals surface area (Å²) < 4.78 is 0. The minimum atomic E-state index is -0.427. The number of anilines is 1. The molecule has 0 saturated heterocycles. The Morgan fingerprint density at radius 1 is 1.44 bits per heavy atom. The fourth-order valence-corrected chi connectivity index (χ4v) is 1.58. The third-order valence-electron chi connectivity index (χ3n) is 2.28.